The average Bonchev–Trinajstić information content (AvgIpc) is 2.90. The zero-order valence-electron chi connectivity index (χ0n) is 12.9. The van der Waals surface area contributed by atoms with E-state index in [0.29, 0.717) is 6.54 Å². The van der Waals surface area contributed by atoms with E-state index >= 15 is 0 Å². The van der Waals surface area contributed by atoms with Gasteiger partial charge in [0.25, 0.3) is 0 Å². The molecule has 0 unspecified atom stereocenters. The molecule has 2 aromatic heterocycles. The molecule has 4 aromatic rings. The van der Waals surface area contributed by atoms with E-state index in [1.165, 1.54) is 5.39 Å². The van der Waals surface area contributed by atoms with Gasteiger partial charge >= 0.3 is 0 Å². The summed E-state index contributed by atoms with van der Waals surface area (Å²) >= 11 is 0. The molecule has 0 spiro atoms. The highest BCUT2D eigenvalue weighted by Gasteiger charge is 2.19. The lowest BCUT2D eigenvalue weighted by Gasteiger charge is -2.00. The number of rotatable bonds is 3. The number of ketones is 1. The summed E-state index contributed by atoms with van der Waals surface area (Å²) in [5, 5.41) is 3.31. The van der Waals surface area contributed by atoms with Gasteiger partial charge in [0.15, 0.2) is 12.4 Å². The molecule has 0 saturated heterocycles. The Balaban J connectivity index is 1.72. The van der Waals surface area contributed by atoms with Crippen LogP contribution in [0.25, 0.3) is 21.7 Å². The van der Waals surface area contributed by atoms with Crippen LogP contribution in [-0.2, 0) is 6.54 Å². The van der Waals surface area contributed by atoms with Crippen LogP contribution in [0.4, 0.5) is 0 Å². The molecule has 2 heterocycles. The van der Waals surface area contributed by atoms with E-state index in [4.69, 9.17) is 0 Å². The summed E-state index contributed by atoms with van der Waals surface area (Å²) in [6.07, 6.45) is 3.99. The average molecular weight is 301 g/mol. The third-order valence-corrected chi connectivity index (χ3v) is 4.25. The Kier molecular flexibility index (Phi) is 3.19. The molecule has 0 amide bonds. The molecule has 2 aromatic carbocycles. The molecule has 0 saturated carbocycles. The number of hydrogen-bond acceptors (Lipinski definition) is 1. The lowest BCUT2D eigenvalue weighted by Crippen LogP contribution is -2.37. The number of hydrogen-bond donors (Lipinski definition) is 1. The SMILES string of the molecule is Cc1[nH]c2ccccc2c1C(=O)C[n+]1ccc2ccccc2c1. The van der Waals surface area contributed by atoms with Crippen molar-refractivity contribution in [1.29, 1.82) is 0 Å². The number of nitrogens with zero attached hydrogens (tertiary/aromatic N) is 1. The molecular formula is C20H17N2O+. The number of para-hydroxylation sites is 1. The first-order valence-electron chi connectivity index (χ1n) is 7.71. The number of carbonyl (C=O) groups excluding carboxylic acids is 1. The van der Waals surface area contributed by atoms with Crippen LogP contribution in [0, 0.1) is 6.92 Å². The van der Waals surface area contributed by atoms with E-state index in [1.807, 2.05) is 66.3 Å². The quantitative estimate of drug-likeness (QED) is 0.453. The van der Waals surface area contributed by atoms with Gasteiger partial charge in [-0.3, -0.25) is 4.79 Å². The Morgan fingerprint density at radius 3 is 2.61 bits per heavy atom. The fourth-order valence-electron chi connectivity index (χ4n) is 3.16. The van der Waals surface area contributed by atoms with Crippen LogP contribution in [0.15, 0.2) is 67.0 Å². The van der Waals surface area contributed by atoms with Crippen LogP contribution < -0.4 is 4.57 Å². The van der Waals surface area contributed by atoms with Crippen molar-refractivity contribution in [1.82, 2.24) is 4.98 Å². The van der Waals surface area contributed by atoms with Crippen molar-refractivity contribution in [2.75, 3.05) is 0 Å². The number of aromatic amines is 1. The van der Waals surface area contributed by atoms with Crippen LogP contribution in [0.1, 0.15) is 16.1 Å². The molecule has 112 valence electrons. The molecule has 0 aliphatic heterocycles. The van der Waals surface area contributed by atoms with Crippen LogP contribution in [0.2, 0.25) is 0 Å². The van der Waals surface area contributed by atoms with E-state index in [-0.39, 0.29) is 5.78 Å². The standard InChI is InChI=1S/C20H16N2O/c1-14-20(17-8-4-5-9-18(17)21-14)19(23)13-22-11-10-15-6-2-3-7-16(15)12-22/h2-12H,13H2,1H3/p+1. The highest BCUT2D eigenvalue weighted by molar-refractivity contribution is 6.08. The molecule has 0 bridgehead atoms. The number of aromatic nitrogens is 2. The maximum Gasteiger partial charge on any atom is 0.229 e. The predicted molar refractivity (Wildman–Crippen MR) is 91.5 cm³/mol. The second-order valence-corrected chi connectivity index (χ2v) is 5.84. The number of benzene rings is 2. The fraction of sp³-hybridized carbons (Fsp3) is 0.100. The predicted octanol–water partition coefficient (Wildman–Crippen LogP) is 3.80. The van der Waals surface area contributed by atoms with E-state index in [1.54, 1.807) is 0 Å². The highest BCUT2D eigenvalue weighted by atomic mass is 16.1. The van der Waals surface area contributed by atoms with Crippen molar-refractivity contribution >= 4 is 27.5 Å². The summed E-state index contributed by atoms with van der Waals surface area (Å²) < 4.78 is 1.95. The molecule has 0 aliphatic rings. The smallest absolute Gasteiger partial charge is 0.229 e. The number of fused-ring (bicyclic) bond motifs is 2. The lowest BCUT2D eigenvalue weighted by molar-refractivity contribution is -0.681. The van der Waals surface area contributed by atoms with Crippen molar-refractivity contribution in [3.63, 3.8) is 0 Å². The maximum atomic E-state index is 12.8. The minimum absolute atomic E-state index is 0.125. The van der Waals surface area contributed by atoms with Gasteiger partial charge in [0.2, 0.25) is 12.3 Å². The maximum absolute atomic E-state index is 12.8. The van der Waals surface area contributed by atoms with Gasteiger partial charge in [-0.25, -0.2) is 0 Å². The van der Waals surface area contributed by atoms with E-state index < -0.39 is 0 Å². The molecular weight excluding hydrogens is 284 g/mol. The number of Topliss-reactive ketones (excluding diaryl/α,β-unsaturated/α-hetero) is 1. The Bertz CT molecular complexity index is 1030. The fourth-order valence-corrected chi connectivity index (χ4v) is 3.16. The first-order chi connectivity index (χ1) is 11.2. The first-order valence-corrected chi connectivity index (χ1v) is 7.71. The summed E-state index contributed by atoms with van der Waals surface area (Å²) in [7, 11) is 0. The van der Waals surface area contributed by atoms with Crippen molar-refractivity contribution in [3.8, 4) is 0 Å². The highest BCUT2D eigenvalue weighted by Crippen LogP contribution is 2.22. The molecule has 23 heavy (non-hydrogen) atoms. The summed E-state index contributed by atoms with van der Waals surface area (Å²) in [6, 6.07) is 18.2. The van der Waals surface area contributed by atoms with Crippen LogP contribution >= 0.6 is 0 Å². The normalized spacial score (nSPS) is 11.2. The molecule has 0 radical (unpaired) electrons. The number of nitrogens with one attached hydrogen (secondary N) is 1. The van der Waals surface area contributed by atoms with Gasteiger partial charge < -0.3 is 4.98 Å². The topological polar surface area (TPSA) is 36.7 Å². The molecule has 3 heteroatoms. The molecule has 0 aliphatic carbocycles. The van der Waals surface area contributed by atoms with Gasteiger partial charge in [-0.05, 0) is 24.4 Å². The Morgan fingerprint density at radius 2 is 1.74 bits per heavy atom. The summed E-state index contributed by atoms with van der Waals surface area (Å²) in [5.74, 6) is 0.125. The number of aryl methyl sites for hydroxylation is 1. The molecule has 1 N–H and O–H groups in total. The minimum Gasteiger partial charge on any atom is -0.358 e. The van der Waals surface area contributed by atoms with Crippen molar-refractivity contribution in [3.05, 3.63) is 78.2 Å². The van der Waals surface area contributed by atoms with Gasteiger partial charge in [0.05, 0.1) is 5.56 Å². The number of H-pyrrole nitrogens is 1. The zero-order chi connectivity index (χ0) is 15.8. The summed E-state index contributed by atoms with van der Waals surface area (Å²) in [6.45, 7) is 2.30. The van der Waals surface area contributed by atoms with Crippen LogP contribution in [0.5, 0.6) is 0 Å². The van der Waals surface area contributed by atoms with Gasteiger partial charge in [-0.1, -0.05) is 36.4 Å². The zero-order valence-corrected chi connectivity index (χ0v) is 12.9. The van der Waals surface area contributed by atoms with Crippen molar-refractivity contribution in [2.45, 2.75) is 13.5 Å². The Labute approximate surface area is 134 Å². The van der Waals surface area contributed by atoms with Crippen LogP contribution in [-0.4, -0.2) is 10.8 Å². The Hall–Kier alpha value is -2.94. The minimum atomic E-state index is 0.125. The van der Waals surface area contributed by atoms with E-state index in [0.717, 1.165) is 27.5 Å². The van der Waals surface area contributed by atoms with Gasteiger partial charge in [-0.15, -0.1) is 0 Å². The van der Waals surface area contributed by atoms with Gasteiger partial charge in [0.1, 0.15) is 0 Å². The second-order valence-electron chi connectivity index (χ2n) is 5.84. The third-order valence-electron chi connectivity index (χ3n) is 4.25. The second kappa shape index (κ2) is 5.36. The van der Waals surface area contributed by atoms with Crippen molar-refractivity contribution in [2.24, 2.45) is 0 Å². The molecule has 4 rings (SSSR count). The third kappa shape index (κ3) is 2.40. The monoisotopic (exact) mass is 301 g/mol. The molecule has 3 nitrogen and oxygen atoms in total. The number of pyridine rings is 1. The largest absolute Gasteiger partial charge is 0.358 e. The van der Waals surface area contributed by atoms with Crippen molar-refractivity contribution < 1.29 is 9.36 Å². The van der Waals surface area contributed by atoms with E-state index in [2.05, 4.69) is 17.1 Å². The Morgan fingerprint density at radius 1 is 1.00 bits per heavy atom. The molecule has 0 fully saturated rings. The number of carbonyl (C=O) groups is 1. The van der Waals surface area contributed by atoms with Gasteiger partial charge in [-0.2, -0.15) is 4.57 Å². The first kappa shape index (κ1) is 13.7. The van der Waals surface area contributed by atoms with E-state index in [9.17, 15) is 4.79 Å². The summed E-state index contributed by atoms with van der Waals surface area (Å²) in [4.78, 5) is 16.1. The summed E-state index contributed by atoms with van der Waals surface area (Å²) in [5.41, 5.74) is 2.73. The van der Waals surface area contributed by atoms with Gasteiger partial charge in [0, 0.05) is 28.0 Å². The van der Waals surface area contributed by atoms with Crippen LogP contribution in [0.3, 0.4) is 0 Å². The lowest BCUT2D eigenvalue weighted by atomic mass is 10.1. The molecule has 0 atom stereocenters.